The van der Waals surface area contributed by atoms with Crippen molar-refractivity contribution >= 4 is 11.7 Å². The molecule has 0 fully saturated rings. The predicted octanol–water partition coefficient (Wildman–Crippen LogP) is 2.36. The summed E-state index contributed by atoms with van der Waals surface area (Å²) in [6.45, 7) is 6.06. The normalized spacial score (nSPS) is 10.7. The number of ketones is 1. The molecular formula is C17H21N3O2. The molecule has 0 unspecified atom stereocenters. The first-order valence-corrected chi connectivity index (χ1v) is 7.46. The third-order valence-corrected chi connectivity index (χ3v) is 3.83. The van der Waals surface area contributed by atoms with Crippen LogP contribution in [0.4, 0.5) is 0 Å². The van der Waals surface area contributed by atoms with Gasteiger partial charge in [0.05, 0.1) is 6.54 Å². The van der Waals surface area contributed by atoms with Crippen LogP contribution in [-0.4, -0.2) is 21.5 Å². The van der Waals surface area contributed by atoms with Gasteiger partial charge in [-0.05, 0) is 29.5 Å². The molecule has 0 aliphatic rings. The zero-order chi connectivity index (χ0) is 16.3. The van der Waals surface area contributed by atoms with Crippen molar-refractivity contribution in [3.63, 3.8) is 0 Å². The fourth-order valence-electron chi connectivity index (χ4n) is 2.61. The number of hydrogen-bond donors (Lipinski definition) is 1. The van der Waals surface area contributed by atoms with E-state index in [9.17, 15) is 9.59 Å². The van der Waals surface area contributed by atoms with Gasteiger partial charge >= 0.3 is 0 Å². The standard InChI is InChI=1S/C17H21N3O2/c1-4-12-7-6-8-13(5-2)14(12)10-20-16(17(18)22)9-15(19-20)11(3)21/h6-9H,4-5,10H2,1-3H3,(H2,18,22). The highest BCUT2D eigenvalue weighted by Gasteiger charge is 2.17. The average molecular weight is 299 g/mol. The van der Waals surface area contributed by atoms with E-state index in [1.165, 1.54) is 28.8 Å². The molecule has 0 aliphatic carbocycles. The Kier molecular flexibility index (Phi) is 4.75. The molecule has 1 aromatic heterocycles. The molecule has 1 amide bonds. The molecular weight excluding hydrogens is 278 g/mol. The van der Waals surface area contributed by atoms with Crippen LogP contribution in [0.25, 0.3) is 0 Å². The van der Waals surface area contributed by atoms with Gasteiger partial charge < -0.3 is 5.73 Å². The van der Waals surface area contributed by atoms with Gasteiger partial charge in [0.1, 0.15) is 11.4 Å². The first-order valence-electron chi connectivity index (χ1n) is 7.46. The lowest BCUT2D eigenvalue weighted by Gasteiger charge is -2.14. The molecule has 0 saturated heterocycles. The van der Waals surface area contributed by atoms with E-state index in [2.05, 4.69) is 31.1 Å². The van der Waals surface area contributed by atoms with E-state index < -0.39 is 5.91 Å². The first kappa shape index (κ1) is 15.9. The van der Waals surface area contributed by atoms with Crippen LogP contribution in [0.3, 0.4) is 0 Å². The highest BCUT2D eigenvalue weighted by Crippen LogP contribution is 2.19. The van der Waals surface area contributed by atoms with Crippen molar-refractivity contribution in [2.45, 2.75) is 40.2 Å². The van der Waals surface area contributed by atoms with Gasteiger partial charge in [-0.3, -0.25) is 14.3 Å². The topological polar surface area (TPSA) is 78.0 Å². The Labute approximate surface area is 130 Å². The summed E-state index contributed by atoms with van der Waals surface area (Å²) in [4.78, 5) is 23.1. The number of nitrogens with zero attached hydrogens (tertiary/aromatic N) is 2. The molecule has 2 aromatic rings. The number of benzene rings is 1. The summed E-state index contributed by atoms with van der Waals surface area (Å²) in [7, 11) is 0. The van der Waals surface area contributed by atoms with E-state index in [0.717, 1.165) is 18.4 Å². The molecule has 1 heterocycles. The SMILES string of the molecule is CCc1cccc(CC)c1Cn1nc(C(C)=O)cc1C(N)=O. The van der Waals surface area contributed by atoms with Gasteiger partial charge in [0, 0.05) is 13.0 Å². The quantitative estimate of drug-likeness (QED) is 0.832. The highest BCUT2D eigenvalue weighted by molar-refractivity contribution is 5.97. The number of carbonyl (C=O) groups is 2. The van der Waals surface area contributed by atoms with Crippen LogP contribution in [-0.2, 0) is 19.4 Å². The van der Waals surface area contributed by atoms with Crippen LogP contribution in [0.5, 0.6) is 0 Å². The van der Waals surface area contributed by atoms with Gasteiger partial charge in [0.25, 0.3) is 5.91 Å². The lowest BCUT2D eigenvalue weighted by Crippen LogP contribution is -2.19. The fraction of sp³-hybridized carbons (Fsp3) is 0.353. The molecule has 5 nitrogen and oxygen atoms in total. The zero-order valence-corrected chi connectivity index (χ0v) is 13.2. The largest absolute Gasteiger partial charge is 0.364 e. The Balaban J connectivity index is 2.51. The van der Waals surface area contributed by atoms with Gasteiger partial charge in [0.2, 0.25) is 0 Å². The summed E-state index contributed by atoms with van der Waals surface area (Å²) in [5.74, 6) is -0.757. The molecule has 0 bridgehead atoms. The van der Waals surface area contributed by atoms with Crippen LogP contribution >= 0.6 is 0 Å². The van der Waals surface area contributed by atoms with Crippen molar-refractivity contribution in [1.82, 2.24) is 9.78 Å². The Morgan fingerprint density at radius 2 is 1.77 bits per heavy atom. The molecule has 2 rings (SSSR count). The number of nitrogens with two attached hydrogens (primary N) is 1. The minimum atomic E-state index is -0.577. The molecule has 0 spiro atoms. The van der Waals surface area contributed by atoms with Crippen molar-refractivity contribution in [2.24, 2.45) is 5.73 Å². The molecule has 0 radical (unpaired) electrons. The van der Waals surface area contributed by atoms with Gasteiger partial charge in [-0.25, -0.2) is 0 Å². The summed E-state index contributed by atoms with van der Waals surface area (Å²) in [5.41, 5.74) is 9.52. The molecule has 0 atom stereocenters. The second-order valence-electron chi connectivity index (χ2n) is 5.25. The van der Waals surface area contributed by atoms with Crippen molar-refractivity contribution in [1.29, 1.82) is 0 Å². The highest BCUT2D eigenvalue weighted by atomic mass is 16.1. The number of amides is 1. The maximum absolute atomic E-state index is 11.6. The summed E-state index contributed by atoms with van der Waals surface area (Å²) < 4.78 is 1.53. The first-order chi connectivity index (χ1) is 10.5. The zero-order valence-electron chi connectivity index (χ0n) is 13.2. The molecule has 2 N–H and O–H groups in total. The minimum Gasteiger partial charge on any atom is -0.364 e. The number of Topliss-reactive ketones (excluding diaryl/α,β-unsaturated/α-hetero) is 1. The monoisotopic (exact) mass is 299 g/mol. The molecule has 1 aromatic carbocycles. The summed E-state index contributed by atoms with van der Waals surface area (Å²) in [6.07, 6.45) is 1.80. The minimum absolute atomic E-state index is 0.180. The smallest absolute Gasteiger partial charge is 0.267 e. The van der Waals surface area contributed by atoms with Crippen molar-refractivity contribution in [3.05, 3.63) is 52.3 Å². The van der Waals surface area contributed by atoms with E-state index in [1.54, 1.807) is 0 Å². The van der Waals surface area contributed by atoms with Crippen LogP contribution in [0, 0.1) is 0 Å². The number of aromatic nitrogens is 2. The Bertz CT molecular complexity index is 694. The van der Waals surface area contributed by atoms with Crippen LogP contribution in [0.15, 0.2) is 24.3 Å². The van der Waals surface area contributed by atoms with Crippen molar-refractivity contribution < 1.29 is 9.59 Å². The van der Waals surface area contributed by atoms with Gasteiger partial charge in [-0.15, -0.1) is 0 Å². The molecule has 0 saturated carbocycles. The van der Waals surface area contributed by atoms with Crippen molar-refractivity contribution in [3.8, 4) is 0 Å². The third-order valence-electron chi connectivity index (χ3n) is 3.83. The maximum atomic E-state index is 11.6. The van der Waals surface area contributed by atoms with Crippen LogP contribution < -0.4 is 5.73 Å². The van der Waals surface area contributed by atoms with E-state index in [0.29, 0.717) is 6.54 Å². The van der Waals surface area contributed by atoms with Crippen LogP contribution in [0.2, 0.25) is 0 Å². The third kappa shape index (κ3) is 3.08. The second kappa shape index (κ2) is 6.56. The van der Waals surface area contributed by atoms with E-state index in [4.69, 9.17) is 5.73 Å². The average Bonchev–Trinajstić information content (AvgIpc) is 2.92. The number of rotatable bonds is 6. The van der Waals surface area contributed by atoms with Crippen molar-refractivity contribution in [2.75, 3.05) is 0 Å². The Hall–Kier alpha value is -2.43. The Morgan fingerprint density at radius 1 is 1.18 bits per heavy atom. The summed E-state index contributed by atoms with van der Waals surface area (Å²) in [5, 5.41) is 4.24. The maximum Gasteiger partial charge on any atom is 0.267 e. The van der Waals surface area contributed by atoms with E-state index >= 15 is 0 Å². The van der Waals surface area contributed by atoms with Gasteiger partial charge in [-0.2, -0.15) is 5.10 Å². The van der Waals surface area contributed by atoms with E-state index in [1.807, 2.05) is 6.07 Å². The second-order valence-corrected chi connectivity index (χ2v) is 5.25. The number of hydrogen-bond acceptors (Lipinski definition) is 3. The number of carbonyl (C=O) groups excluding carboxylic acids is 2. The lowest BCUT2D eigenvalue weighted by atomic mass is 9.97. The Morgan fingerprint density at radius 3 is 2.23 bits per heavy atom. The molecule has 5 heteroatoms. The summed E-state index contributed by atoms with van der Waals surface area (Å²) in [6, 6.07) is 7.66. The van der Waals surface area contributed by atoms with Gasteiger partial charge in [-0.1, -0.05) is 32.0 Å². The van der Waals surface area contributed by atoms with Gasteiger partial charge in [0.15, 0.2) is 5.78 Å². The fourth-order valence-corrected chi connectivity index (χ4v) is 2.61. The molecule has 0 aliphatic heterocycles. The molecule has 116 valence electrons. The summed E-state index contributed by atoms with van der Waals surface area (Å²) >= 11 is 0. The molecule has 22 heavy (non-hydrogen) atoms. The van der Waals surface area contributed by atoms with E-state index in [-0.39, 0.29) is 17.2 Å². The predicted molar refractivity (Wildman–Crippen MR) is 85.0 cm³/mol. The van der Waals surface area contributed by atoms with Crippen LogP contribution in [0.1, 0.15) is 58.4 Å². The number of primary amides is 1. The lowest BCUT2D eigenvalue weighted by molar-refractivity contribution is 0.0987. The number of aryl methyl sites for hydroxylation is 2.